The number of rotatable bonds is 2. The van der Waals surface area contributed by atoms with Gasteiger partial charge in [0.25, 0.3) is 0 Å². The number of piperidine rings is 1. The molecule has 0 aromatic rings. The highest BCUT2D eigenvalue weighted by molar-refractivity contribution is 5.14. The molecule has 1 saturated heterocycles. The Bertz CT molecular complexity index is 229. The Hall–Kier alpha value is -0.540. The van der Waals surface area contributed by atoms with Crippen molar-refractivity contribution >= 4 is 0 Å². The van der Waals surface area contributed by atoms with Gasteiger partial charge in [-0.05, 0) is 32.4 Å². The second kappa shape index (κ2) is 3.91. The molecule has 2 unspecified atom stereocenters. The van der Waals surface area contributed by atoms with Crippen LogP contribution in [-0.2, 0) is 4.74 Å². The first-order valence-electron chi connectivity index (χ1n) is 5.48. The van der Waals surface area contributed by atoms with Gasteiger partial charge < -0.3 is 15.2 Å². The van der Waals surface area contributed by atoms with Gasteiger partial charge in [0.05, 0.1) is 6.61 Å². The van der Waals surface area contributed by atoms with Gasteiger partial charge in [-0.3, -0.25) is 0 Å². The van der Waals surface area contributed by atoms with E-state index >= 15 is 0 Å². The van der Waals surface area contributed by atoms with E-state index in [0.717, 1.165) is 44.7 Å². The van der Waals surface area contributed by atoms with Gasteiger partial charge in [-0.1, -0.05) is 0 Å². The van der Waals surface area contributed by atoms with Crippen molar-refractivity contribution in [3.63, 3.8) is 0 Å². The van der Waals surface area contributed by atoms with Gasteiger partial charge in [0.15, 0.2) is 0 Å². The molecule has 0 amide bonds. The maximum absolute atomic E-state index is 10.4. The van der Waals surface area contributed by atoms with E-state index in [1.165, 1.54) is 0 Å². The largest absolute Gasteiger partial charge is 0.495 e. The molecule has 1 fully saturated rings. The van der Waals surface area contributed by atoms with E-state index < -0.39 is 5.60 Å². The van der Waals surface area contributed by atoms with Crippen molar-refractivity contribution in [2.45, 2.75) is 31.8 Å². The summed E-state index contributed by atoms with van der Waals surface area (Å²) >= 11 is 0. The molecule has 2 atom stereocenters. The van der Waals surface area contributed by atoms with E-state index in [9.17, 15) is 5.11 Å². The first-order valence-corrected chi connectivity index (χ1v) is 5.48. The van der Waals surface area contributed by atoms with E-state index in [2.05, 4.69) is 5.32 Å². The number of nitrogens with one attached hydrogen (secondary N) is 1. The van der Waals surface area contributed by atoms with Crippen LogP contribution in [0.25, 0.3) is 0 Å². The third kappa shape index (κ3) is 1.79. The molecular weight excluding hydrogens is 178 g/mol. The van der Waals surface area contributed by atoms with E-state index in [-0.39, 0.29) is 0 Å². The van der Waals surface area contributed by atoms with Gasteiger partial charge in [0.1, 0.15) is 11.4 Å². The molecule has 2 heterocycles. The normalized spacial score (nSPS) is 31.9. The molecule has 0 aliphatic carbocycles. The van der Waals surface area contributed by atoms with E-state index in [0.29, 0.717) is 5.92 Å². The van der Waals surface area contributed by atoms with Gasteiger partial charge in [0, 0.05) is 18.9 Å². The molecular formula is C11H19NO2. The second-order valence-electron chi connectivity index (χ2n) is 4.40. The van der Waals surface area contributed by atoms with Crippen LogP contribution in [0.4, 0.5) is 0 Å². The summed E-state index contributed by atoms with van der Waals surface area (Å²) in [6, 6.07) is 0. The predicted molar refractivity (Wildman–Crippen MR) is 54.9 cm³/mol. The lowest BCUT2D eigenvalue weighted by atomic mass is 9.82. The van der Waals surface area contributed by atoms with Gasteiger partial charge in [-0.15, -0.1) is 0 Å². The minimum Gasteiger partial charge on any atom is -0.495 e. The minimum absolute atomic E-state index is 0.292. The van der Waals surface area contributed by atoms with E-state index in [1.807, 2.05) is 13.0 Å². The van der Waals surface area contributed by atoms with Crippen molar-refractivity contribution in [2.24, 2.45) is 5.92 Å². The third-order valence-electron chi connectivity index (χ3n) is 3.30. The van der Waals surface area contributed by atoms with Crippen LogP contribution in [0.2, 0.25) is 0 Å². The zero-order valence-electron chi connectivity index (χ0n) is 8.75. The fraction of sp³-hybridized carbons (Fsp3) is 0.818. The van der Waals surface area contributed by atoms with Crippen LogP contribution < -0.4 is 5.32 Å². The molecule has 3 heteroatoms. The quantitative estimate of drug-likeness (QED) is 0.695. The van der Waals surface area contributed by atoms with Crippen molar-refractivity contribution in [2.75, 3.05) is 19.7 Å². The first-order chi connectivity index (χ1) is 6.71. The highest BCUT2D eigenvalue weighted by atomic mass is 16.5. The molecule has 0 spiro atoms. The van der Waals surface area contributed by atoms with Crippen molar-refractivity contribution in [1.82, 2.24) is 5.32 Å². The first kappa shape index (κ1) is 9.99. The van der Waals surface area contributed by atoms with Gasteiger partial charge >= 0.3 is 0 Å². The van der Waals surface area contributed by atoms with E-state index in [4.69, 9.17) is 4.74 Å². The molecule has 3 nitrogen and oxygen atoms in total. The van der Waals surface area contributed by atoms with Crippen LogP contribution in [0.15, 0.2) is 11.8 Å². The second-order valence-corrected chi connectivity index (χ2v) is 4.40. The molecule has 0 radical (unpaired) electrons. The van der Waals surface area contributed by atoms with Gasteiger partial charge in [0.2, 0.25) is 0 Å². The van der Waals surface area contributed by atoms with Crippen LogP contribution in [0.3, 0.4) is 0 Å². The summed E-state index contributed by atoms with van der Waals surface area (Å²) in [6.07, 6.45) is 5.19. The lowest BCUT2D eigenvalue weighted by Gasteiger charge is -2.36. The molecule has 2 N–H and O–H groups in total. The molecule has 14 heavy (non-hydrogen) atoms. The number of hydrogen-bond donors (Lipinski definition) is 2. The standard InChI is InChI=1S/C11H19NO2/c1-11(13,10-5-3-7-14-10)9-4-2-6-12-8-9/h5,9,12-13H,2-4,6-8H2,1H3. The van der Waals surface area contributed by atoms with Crippen molar-refractivity contribution in [1.29, 1.82) is 0 Å². The Labute approximate surface area is 85.1 Å². The number of ether oxygens (including phenoxy) is 1. The minimum atomic E-state index is -0.774. The van der Waals surface area contributed by atoms with Crippen LogP contribution in [-0.4, -0.2) is 30.4 Å². The zero-order valence-corrected chi connectivity index (χ0v) is 8.75. The number of aliphatic hydroxyl groups is 1. The molecule has 0 bridgehead atoms. The predicted octanol–water partition coefficient (Wildman–Crippen LogP) is 1.04. The van der Waals surface area contributed by atoms with Crippen LogP contribution in [0, 0.1) is 5.92 Å². The summed E-state index contributed by atoms with van der Waals surface area (Å²) in [5.41, 5.74) is -0.774. The SMILES string of the molecule is CC(O)(C1=CCCO1)C1CCCNC1. The average molecular weight is 197 g/mol. The zero-order chi connectivity index (χ0) is 10.0. The Morgan fingerprint density at radius 2 is 2.50 bits per heavy atom. The molecule has 2 rings (SSSR count). The molecule has 0 aromatic carbocycles. The Balaban J connectivity index is 2.05. The summed E-state index contributed by atoms with van der Waals surface area (Å²) in [6.45, 7) is 4.58. The van der Waals surface area contributed by atoms with Crippen molar-refractivity contribution in [3.05, 3.63) is 11.8 Å². The van der Waals surface area contributed by atoms with Crippen LogP contribution in [0.5, 0.6) is 0 Å². The average Bonchev–Trinajstić information content (AvgIpc) is 2.72. The summed E-state index contributed by atoms with van der Waals surface area (Å²) in [5.74, 6) is 1.08. The van der Waals surface area contributed by atoms with Gasteiger partial charge in [-0.25, -0.2) is 0 Å². The Kier molecular flexibility index (Phi) is 2.79. The highest BCUT2D eigenvalue weighted by Gasteiger charge is 2.38. The topological polar surface area (TPSA) is 41.5 Å². The lowest BCUT2D eigenvalue weighted by molar-refractivity contribution is -0.0217. The fourth-order valence-corrected chi connectivity index (χ4v) is 2.30. The van der Waals surface area contributed by atoms with Crippen molar-refractivity contribution < 1.29 is 9.84 Å². The monoisotopic (exact) mass is 197 g/mol. The smallest absolute Gasteiger partial charge is 0.124 e. The number of hydrogen-bond acceptors (Lipinski definition) is 3. The maximum atomic E-state index is 10.4. The molecule has 0 saturated carbocycles. The lowest BCUT2D eigenvalue weighted by Crippen LogP contribution is -2.45. The van der Waals surface area contributed by atoms with Gasteiger partial charge in [-0.2, -0.15) is 0 Å². The molecule has 2 aliphatic rings. The summed E-state index contributed by atoms with van der Waals surface area (Å²) in [7, 11) is 0. The fourth-order valence-electron chi connectivity index (χ4n) is 2.30. The van der Waals surface area contributed by atoms with Crippen molar-refractivity contribution in [3.8, 4) is 0 Å². The molecule has 0 aromatic heterocycles. The summed E-state index contributed by atoms with van der Waals surface area (Å²) in [5, 5.41) is 13.7. The highest BCUT2D eigenvalue weighted by Crippen LogP contribution is 2.33. The third-order valence-corrected chi connectivity index (χ3v) is 3.30. The summed E-state index contributed by atoms with van der Waals surface area (Å²) < 4.78 is 5.45. The van der Waals surface area contributed by atoms with E-state index in [1.54, 1.807) is 0 Å². The van der Waals surface area contributed by atoms with Crippen LogP contribution in [0.1, 0.15) is 26.2 Å². The molecule has 2 aliphatic heterocycles. The Morgan fingerprint density at radius 3 is 3.07 bits per heavy atom. The Morgan fingerprint density at radius 1 is 1.64 bits per heavy atom. The maximum Gasteiger partial charge on any atom is 0.124 e. The van der Waals surface area contributed by atoms with Crippen LogP contribution >= 0.6 is 0 Å². The summed E-state index contributed by atoms with van der Waals surface area (Å²) in [4.78, 5) is 0. The molecule has 80 valence electrons.